The van der Waals surface area contributed by atoms with E-state index in [0.29, 0.717) is 0 Å². The molecule has 0 aliphatic carbocycles. The zero-order valence-electron chi connectivity index (χ0n) is 8.95. The third kappa shape index (κ3) is 2.52. The van der Waals surface area contributed by atoms with Crippen LogP contribution in [-0.2, 0) is 4.74 Å². The van der Waals surface area contributed by atoms with Gasteiger partial charge in [-0.25, -0.2) is 4.79 Å². The van der Waals surface area contributed by atoms with Crippen molar-refractivity contribution in [2.24, 2.45) is 0 Å². The number of ether oxygens (including phenoxy) is 2. The van der Waals surface area contributed by atoms with E-state index in [-0.39, 0.29) is 23.5 Å². The van der Waals surface area contributed by atoms with E-state index in [1.807, 2.05) is 0 Å². The summed E-state index contributed by atoms with van der Waals surface area (Å²) in [6, 6.07) is 4.54. The number of carbonyl (C=O) groups excluding carboxylic acids is 2. The Bertz CT molecular complexity index is 414. The van der Waals surface area contributed by atoms with Gasteiger partial charge in [-0.05, 0) is 30.7 Å². The highest BCUT2D eigenvalue weighted by Gasteiger charge is 2.19. The number of para-hydroxylation sites is 1. The third-order valence-corrected chi connectivity index (χ3v) is 2.13. The van der Waals surface area contributed by atoms with Crippen molar-refractivity contribution < 1.29 is 19.1 Å². The predicted octanol–water partition coefficient (Wildman–Crippen LogP) is 2.25. The summed E-state index contributed by atoms with van der Waals surface area (Å²) >= 11 is 5.37. The molecule has 0 atom stereocenters. The Morgan fingerprint density at radius 2 is 1.94 bits per heavy atom. The standard InChI is InChI=1S/C11H11ClO4/c1-3-16-11(14)8-6-4-5-7(10(12)13)9(8)15-2/h4-6H,3H2,1-2H3. The maximum atomic E-state index is 11.5. The minimum atomic E-state index is -0.678. The van der Waals surface area contributed by atoms with Gasteiger partial charge in [0.05, 0.1) is 19.3 Å². The quantitative estimate of drug-likeness (QED) is 0.600. The summed E-state index contributed by atoms with van der Waals surface area (Å²) in [6.45, 7) is 1.95. The van der Waals surface area contributed by atoms with Crippen LogP contribution in [0.15, 0.2) is 18.2 Å². The highest BCUT2D eigenvalue weighted by Crippen LogP contribution is 2.25. The van der Waals surface area contributed by atoms with Crippen LogP contribution in [0.2, 0.25) is 0 Å². The Morgan fingerprint density at radius 1 is 1.31 bits per heavy atom. The van der Waals surface area contributed by atoms with E-state index < -0.39 is 11.2 Å². The normalized spacial score (nSPS) is 9.69. The highest BCUT2D eigenvalue weighted by molar-refractivity contribution is 6.68. The summed E-state index contributed by atoms with van der Waals surface area (Å²) in [5.41, 5.74) is 0.338. The van der Waals surface area contributed by atoms with Crippen molar-refractivity contribution in [1.82, 2.24) is 0 Å². The molecule has 0 aliphatic rings. The number of hydrogen-bond donors (Lipinski definition) is 0. The molecule has 0 saturated heterocycles. The largest absolute Gasteiger partial charge is 0.495 e. The van der Waals surface area contributed by atoms with Crippen LogP contribution in [-0.4, -0.2) is 24.9 Å². The van der Waals surface area contributed by atoms with Gasteiger partial charge < -0.3 is 9.47 Å². The first-order chi connectivity index (χ1) is 7.61. The molecule has 0 fully saturated rings. The van der Waals surface area contributed by atoms with Crippen molar-refractivity contribution in [3.63, 3.8) is 0 Å². The fourth-order valence-electron chi connectivity index (χ4n) is 1.28. The fourth-order valence-corrected chi connectivity index (χ4v) is 1.43. The number of hydrogen-bond acceptors (Lipinski definition) is 4. The van der Waals surface area contributed by atoms with E-state index in [4.69, 9.17) is 21.1 Å². The number of halogens is 1. The van der Waals surface area contributed by atoms with E-state index in [9.17, 15) is 9.59 Å². The van der Waals surface area contributed by atoms with Gasteiger partial charge in [-0.2, -0.15) is 0 Å². The second-order valence-corrected chi connectivity index (χ2v) is 3.22. The van der Waals surface area contributed by atoms with Gasteiger partial charge >= 0.3 is 5.97 Å². The SMILES string of the molecule is CCOC(=O)c1cccc(C(=O)Cl)c1OC. The van der Waals surface area contributed by atoms with Gasteiger partial charge in [-0.3, -0.25) is 4.79 Å². The number of rotatable bonds is 4. The minimum Gasteiger partial charge on any atom is -0.495 e. The van der Waals surface area contributed by atoms with Gasteiger partial charge in [0.1, 0.15) is 11.3 Å². The summed E-state index contributed by atoms with van der Waals surface area (Å²) in [5.74, 6) is -0.403. The lowest BCUT2D eigenvalue weighted by Gasteiger charge is -2.10. The van der Waals surface area contributed by atoms with E-state index >= 15 is 0 Å². The summed E-state index contributed by atoms with van der Waals surface area (Å²) in [7, 11) is 1.36. The minimum absolute atomic E-state index is 0.140. The molecule has 0 saturated carbocycles. The second kappa shape index (κ2) is 5.51. The molecular weight excluding hydrogens is 232 g/mol. The molecule has 0 bridgehead atoms. The Labute approximate surface area is 98.1 Å². The monoisotopic (exact) mass is 242 g/mol. The molecule has 1 aromatic rings. The predicted molar refractivity (Wildman–Crippen MR) is 59.1 cm³/mol. The first kappa shape index (κ1) is 12.5. The van der Waals surface area contributed by atoms with Crippen molar-refractivity contribution in [3.8, 4) is 5.75 Å². The average Bonchev–Trinajstić information content (AvgIpc) is 2.28. The highest BCUT2D eigenvalue weighted by atomic mass is 35.5. The van der Waals surface area contributed by atoms with Gasteiger partial charge in [0.25, 0.3) is 5.24 Å². The van der Waals surface area contributed by atoms with Crippen LogP contribution < -0.4 is 4.74 Å². The molecule has 5 heteroatoms. The van der Waals surface area contributed by atoms with Crippen LogP contribution in [0.3, 0.4) is 0 Å². The molecule has 4 nitrogen and oxygen atoms in total. The molecule has 0 spiro atoms. The van der Waals surface area contributed by atoms with Crippen LogP contribution in [0.5, 0.6) is 5.75 Å². The maximum absolute atomic E-state index is 11.5. The lowest BCUT2D eigenvalue weighted by atomic mass is 10.1. The van der Waals surface area contributed by atoms with Crippen LogP contribution >= 0.6 is 11.6 Å². The molecule has 0 N–H and O–H groups in total. The van der Waals surface area contributed by atoms with E-state index in [1.165, 1.54) is 19.2 Å². The van der Waals surface area contributed by atoms with Crippen LogP contribution in [0.25, 0.3) is 0 Å². The Balaban J connectivity index is 3.24. The summed E-state index contributed by atoms with van der Waals surface area (Å²) in [4.78, 5) is 22.6. The van der Waals surface area contributed by atoms with E-state index in [1.54, 1.807) is 13.0 Å². The average molecular weight is 243 g/mol. The Morgan fingerprint density at radius 3 is 2.44 bits per heavy atom. The molecule has 1 rings (SSSR count). The first-order valence-corrected chi connectivity index (χ1v) is 5.03. The number of methoxy groups -OCH3 is 1. The van der Waals surface area contributed by atoms with Crippen molar-refractivity contribution >= 4 is 22.8 Å². The number of esters is 1. The van der Waals surface area contributed by atoms with Crippen molar-refractivity contribution in [2.75, 3.05) is 13.7 Å². The van der Waals surface area contributed by atoms with Crippen LogP contribution in [0, 0.1) is 0 Å². The maximum Gasteiger partial charge on any atom is 0.341 e. The smallest absolute Gasteiger partial charge is 0.341 e. The van der Waals surface area contributed by atoms with Gasteiger partial charge in [-0.1, -0.05) is 6.07 Å². The molecule has 1 aromatic carbocycles. The molecule has 0 unspecified atom stereocenters. The van der Waals surface area contributed by atoms with Gasteiger partial charge in [0.2, 0.25) is 0 Å². The molecule has 0 radical (unpaired) electrons. The van der Waals surface area contributed by atoms with Gasteiger partial charge in [0.15, 0.2) is 0 Å². The van der Waals surface area contributed by atoms with Crippen LogP contribution in [0.4, 0.5) is 0 Å². The third-order valence-electron chi connectivity index (χ3n) is 1.93. The van der Waals surface area contributed by atoms with Crippen LogP contribution in [0.1, 0.15) is 27.6 Å². The summed E-state index contributed by atoms with van der Waals surface area (Å²) in [5, 5.41) is -0.678. The molecule has 0 heterocycles. The summed E-state index contributed by atoms with van der Waals surface area (Å²) in [6.07, 6.45) is 0. The topological polar surface area (TPSA) is 52.6 Å². The number of carbonyl (C=O) groups is 2. The van der Waals surface area contributed by atoms with Crippen molar-refractivity contribution in [2.45, 2.75) is 6.92 Å². The van der Waals surface area contributed by atoms with Gasteiger partial charge in [0, 0.05) is 0 Å². The van der Waals surface area contributed by atoms with E-state index in [2.05, 4.69) is 0 Å². The zero-order valence-corrected chi connectivity index (χ0v) is 9.71. The van der Waals surface area contributed by atoms with Crippen molar-refractivity contribution in [3.05, 3.63) is 29.3 Å². The molecule has 86 valence electrons. The molecule has 0 amide bonds. The van der Waals surface area contributed by atoms with E-state index in [0.717, 1.165) is 0 Å². The Hall–Kier alpha value is -1.55. The zero-order chi connectivity index (χ0) is 12.1. The summed E-state index contributed by atoms with van der Waals surface area (Å²) < 4.78 is 9.83. The first-order valence-electron chi connectivity index (χ1n) is 4.65. The van der Waals surface area contributed by atoms with Gasteiger partial charge in [-0.15, -0.1) is 0 Å². The molecule has 0 aliphatic heterocycles. The second-order valence-electron chi connectivity index (χ2n) is 2.88. The van der Waals surface area contributed by atoms with Crippen molar-refractivity contribution in [1.29, 1.82) is 0 Å². The lowest BCUT2D eigenvalue weighted by Crippen LogP contribution is -2.09. The Kier molecular flexibility index (Phi) is 4.31. The lowest BCUT2D eigenvalue weighted by molar-refractivity contribution is 0.0522. The fraction of sp³-hybridized carbons (Fsp3) is 0.273. The number of benzene rings is 1. The molecule has 0 aromatic heterocycles. The molecule has 16 heavy (non-hydrogen) atoms. The molecular formula is C11H11ClO4.